The summed E-state index contributed by atoms with van der Waals surface area (Å²) in [7, 11) is 2.15. The van der Waals surface area contributed by atoms with Gasteiger partial charge in [0.05, 0.1) is 0 Å². The molecule has 1 heteroatoms. The van der Waals surface area contributed by atoms with Gasteiger partial charge in [-0.05, 0) is 31.9 Å². The zero-order valence-electron chi connectivity index (χ0n) is 13.1. The van der Waals surface area contributed by atoms with Gasteiger partial charge in [-0.15, -0.1) is 0 Å². The number of nitrogens with zero attached hydrogens (tertiary/aromatic N) is 1. The first-order valence-electron chi connectivity index (χ1n) is 7.38. The Morgan fingerprint density at radius 2 is 1.10 bits per heavy atom. The summed E-state index contributed by atoms with van der Waals surface area (Å²) in [5.74, 6) is 0. The van der Waals surface area contributed by atoms with Crippen molar-refractivity contribution in [1.29, 1.82) is 0 Å². The Morgan fingerprint density at radius 1 is 0.619 bits per heavy atom. The molecule has 0 amide bonds. The van der Waals surface area contributed by atoms with Gasteiger partial charge < -0.3 is 4.57 Å². The Kier molecular flexibility index (Phi) is 3.42. The summed E-state index contributed by atoms with van der Waals surface area (Å²) in [6.45, 7) is 6.53. The van der Waals surface area contributed by atoms with Crippen molar-refractivity contribution >= 4 is 0 Å². The van der Waals surface area contributed by atoms with Crippen LogP contribution in [-0.2, 0) is 7.05 Å². The molecule has 0 aliphatic carbocycles. The molecule has 0 atom stereocenters. The molecule has 0 aliphatic heterocycles. The van der Waals surface area contributed by atoms with Gasteiger partial charge in [0.2, 0.25) is 0 Å². The van der Waals surface area contributed by atoms with Gasteiger partial charge in [-0.25, -0.2) is 0 Å². The van der Waals surface area contributed by atoms with E-state index in [4.69, 9.17) is 0 Å². The fourth-order valence-electron chi connectivity index (χ4n) is 2.98. The summed E-state index contributed by atoms with van der Waals surface area (Å²) >= 11 is 0. The number of rotatable bonds is 2. The van der Waals surface area contributed by atoms with Crippen LogP contribution in [0.2, 0.25) is 0 Å². The van der Waals surface area contributed by atoms with Crippen molar-refractivity contribution in [2.24, 2.45) is 7.05 Å². The Hall–Kier alpha value is -2.28. The highest BCUT2D eigenvalue weighted by atomic mass is 15.0. The molecule has 0 spiro atoms. The van der Waals surface area contributed by atoms with Gasteiger partial charge in [-0.2, -0.15) is 0 Å². The van der Waals surface area contributed by atoms with E-state index in [2.05, 4.69) is 87.0 Å². The third-order valence-electron chi connectivity index (χ3n) is 4.38. The number of aryl methyl sites for hydroxylation is 1. The molecule has 0 saturated heterocycles. The lowest BCUT2D eigenvalue weighted by Gasteiger charge is -2.08. The second-order valence-corrected chi connectivity index (χ2v) is 5.71. The summed E-state index contributed by atoms with van der Waals surface area (Å²) in [4.78, 5) is 0. The maximum atomic E-state index is 2.29. The van der Waals surface area contributed by atoms with E-state index in [-0.39, 0.29) is 0 Å². The van der Waals surface area contributed by atoms with Crippen LogP contribution in [0.15, 0.2) is 54.6 Å². The molecule has 0 radical (unpaired) electrons. The SMILES string of the molecule is Cc1ccc(-c2c(-c3ccccc3)c(C)n(C)c2C)cc1. The van der Waals surface area contributed by atoms with Crippen LogP contribution >= 0.6 is 0 Å². The quantitative estimate of drug-likeness (QED) is 0.599. The first-order chi connectivity index (χ1) is 10.1. The fourth-order valence-corrected chi connectivity index (χ4v) is 2.98. The van der Waals surface area contributed by atoms with E-state index >= 15 is 0 Å². The van der Waals surface area contributed by atoms with Crippen LogP contribution in [0, 0.1) is 20.8 Å². The first kappa shape index (κ1) is 13.7. The maximum Gasteiger partial charge on any atom is 0.0228 e. The van der Waals surface area contributed by atoms with E-state index in [0.29, 0.717) is 0 Å². The molecule has 3 rings (SSSR count). The molecule has 0 N–H and O–H groups in total. The highest BCUT2D eigenvalue weighted by Crippen LogP contribution is 2.38. The number of hydrogen-bond donors (Lipinski definition) is 0. The third kappa shape index (κ3) is 2.29. The minimum absolute atomic E-state index is 1.29. The summed E-state index contributed by atoms with van der Waals surface area (Å²) in [5, 5.41) is 0. The molecule has 1 nitrogen and oxygen atoms in total. The van der Waals surface area contributed by atoms with Gasteiger partial charge in [0.25, 0.3) is 0 Å². The standard InChI is InChI=1S/C20H21N/c1-14-10-12-18(13-11-14)20-16(3)21(4)15(2)19(20)17-8-6-5-7-9-17/h5-13H,1-4H3. The molecular formula is C20H21N. The van der Waals surface area contributed by atoms with E-state index in [1.807, 2.05) is 0 Å². The average Bonchev–Trinajstić information content (AvgIpc) is 2.73. The Morgan fingerprint density at radius 3 is 1.62 bits per heavy atom. The number of aromatic nitrogens is 1. The zero-order chi connectivity index (χ0) is 15.0. The van der Waals surface area contributed by atoms with Crippen molar-refractivity contribution in [3.63, 3.8) is 0 Å². The van der Waals surface area contributed by atoms with E-state index in [0.717, 1.165) is 0 Å². The molecule has 0 saturated carbocycles. The zero-order valence-corrected chi connectivity index (χ0v) is 13.1. The minimum atomic E-state index is 1.29. The second kappa shape index (κ2) is 5.25. The number of benzene rings is 2. The molecule has 0 bridgehead atoms. The van der Waals surface area contributed by atoms with Crippen molar-refractivity contribution in [2.75, 3.05) is 0 Å². The predicted octanol–water partition coefficient (Wildman–Crippen LogP) is 5.28. The van der Waals surface area contributed by atoms with Gasteiger partial charge >= 0.3 is 0 Å². The topological polar surface area (TPSA) is 4.93 Å². The predicted molar refractivity (Wildman–Crippen MR) is 90.5 cm³/mol. The molecule has 1 aromatic heterocycles. The van der Waals surface area contributed by atoms with Crippen LogP contribution in [0.3, 0.4) is 0 Å². The van der Waals surface area contributed by atoms with E-state index in [1.54, 1.807) is 0 Å². The van der Waals surface area contributed by atoms with Crippen molar-refractivity contribution in [2.45, 2.75) is 20.8 Å². The monoisotopic (exact) mass is 275 g/mol. The maximum absolute atomic E-state index is 2.29. The van der Waals surface area contributed by atoms with E-state index in [9.17, 15) is 0 Å². The molecule has 106 valence electrons. The summed E-state index contributed by atoms with van der Waals surface area (Å²) < 4.78 is 2.29. The second-order valence-electron chi connectivity index (χ2n) is 5.71. The summed E-state index contributed by atoms with van der Waals surface area (Å²) in [5.41, 5.74) is 9.20. The minimum Gasteiger partial charge on any atom is -0.351 e. The van der Waals surface area contributed by atoms with Crippen LogP contribution in [0.4, 0.5) is 0 Å². The van der Waals surface area contributed by atoms with Crippen molar-refractivity contribution in [3.8, 4) is 22.3 Å². The Bertz CT molecular complexity index is 762. The Balaban J connectivity index is 2.30. The lowest BCUT2D eigenvalue weighted by atomic mass is 9.95. The molecule has 3 aromatic rings. The van der Waals surface area contributed by atoms with E-state index < -0.39 is 0 Å². The molecule has 0 unspecified atom stereocenters. The van der Waals surface area contributed by atoms with Gasteiger partial charge in [0, 0.05) is 29.6 Å². The van der Waals surface area contributed by atoms with Crippen LogP contribution in [0.25, 0.3) is 22.3 Å². The van der Waals surface area contributed by atoms with Crippen LogP contribution in [0.5, 0.6) is 0 Å². The van der Waals surface area contributed by atoms with Crippen molar-refractivity contribution in [3.05, 3.63) is 71.5 Å². The molecule has 2 aromatic carbocycles. The fraction of sp³-hybridized carbons (Fsp3) is 0.200. The van der Waals surface area contributed by atoms with Crippen LogP contribution < -0.4 is 0 Å². The van der Waals surface area contributed by atoms with Crippen LogP contribution in [-0.4, -0.2) is 4.57 Å². The lowest BCUT2D eigenvalue weighted by molar-refractivity contribution is 0.846. The number of hydrogen-bond acceptors (Lipinski definition) is 0. The first-order valence-corrected chi connectivity index (χ1v) is 7.38. The van der Waals surface area contributed by atoms with Gasteiger partial charge in [-0.3, -0.25) is 0 Å². The normalized spacial score (nSPS) is 10.9. The van der Waals surface area contributed by atoms with Crippen molar-refractivity contribution < 1.29 is 0 Å². The molecule has 21 heavy (non-hydrogen) atoms. The molecule has 0 fully saturated rings. The molecule has 0 aliphatic rings. The average molecular weight is 275 g/mol. The summed E-state index contributed by atoms with van der Waals surface area (Å²) in [6, 6.07) is 19.5. The summed E-state index contributed by atoms with van der Waals surface area (Å²) in [6.07, 6.45) is 0. The van der Waals surface area contributed by atoms with Crippen LogP contribution in [0.1, 0.15) is 17.0 Å². The van der Waals surface area contributed by atoms with Gasteiger partial charge in [-0.1, -0.05) is 60.2 Å². The van der Waals surface area contributed by atoms with Gasteiger partial charge in [0.15, 0.2) is 0 Å². The van der Waals surface area contributed by atoms with Gasteiger partial charge in [0.1, 0.15) is 0 Å². The van der Waals surface area contributed by atoms with Crippen molar-refractivity contribution in [1.82, 2.24) is 4.57 Å². The van der Waals surface area contributed by atoms with E-state index in [1.165, 1.54) is 39.2 Å². The molecule has 1 heterocycles. The lowest BCUT2D eigenvalue weighted by Crippen LogP contribution is -1.93. The molecular weight excluding hydrogens is 254 g/mol. The largest absolute Gasteiger partial charge is 0.351 e. The third-order valence-corrected chi connectivity index (χ3v) is 4.38. The smallest absolute Gasteiger partial charge is 0.0228 e. The highest BCUT2D eigenvalue weighted by molar-refractivity contribution is 5.87. The highest BCUT2D eigenvalue weighted by Gasteiger charge is 2.18. The Labute approximate surface area is 126 Å².